The van der Waals surface area contributed by atoms with Gasteiger partial charge in [-0.15, -0.1) is 11.3 Å². The maximum absolute atomic E-state index is 9.91. The smallest absolute Gasteiger partial charge is 0.101 e. The fourth-order valence-corrected chi connectivity index (χ4v) is 2.92. The normalized spacial score (nSPS) is 20.4. The zero-order valence-electron chi connectivity index (χ0n) is 9.86. The molecule has 16 heavy (non-hydrogen) atoms. The number of aliphatic hydroxyl groups is 1. The van der Waals surface area contributed by atoms with Crippen molar-refractivity contribution in [1.29, 1.82) is 0 Å². The summed E-state index contributed by atoms with van der Waals surface area (Å²) in [5.41, 5.74) is 0. The van der Waals surface area contributed by atoms with Gasteiger partial charge in [0.2, 0.25) is 0 Å². The standard InChI is InChI=1S/C13H21NOS/c1-10(8-11-4-2-5-11)14-9-12(15)13-6-3-7-16-13/h3,6-7,10-12,14-15H,2,4-5,8-9H2,1H3. The van der Waals surface area contributed by atoms with Crippen LogP contribution in [0.1, 0.15) is 43.6 Å². The van der Waals surface area contributed by atoms with Crippen molar-refractivity contribution in [1.82, 2.24) is 5.32 Å². The lowest BCUT2D eigenvalue weighted by Gasteiger charge is -2.28. The third-order valence-electron chi connectivity index (χ3n) is 3.44. The topological polar surface area (TPSA) is 32.3 Å². The summed E-state index contributed by atoms with van der Waals surface area (Å²) < 4.78 is 0. The van der Waals surface area contributed by atoms with Crippen molar-refractivity contribution >= 4 is 11.3 Å². The Labute approximate surface area is 102 Å². The van der Waals surface area contributed by atoms with Crippen molar-refractivity contribution in [3.63, 3.8) is 0 Å². The van der Waals surface area contributed by atoms with Gasteiger partial charge in [-0.25, -0.2) is 0 Å². The van der Waals surface area contributed by atoms with Gasteiger partial charge >= 0.3 is 0 Å². The van der Waals surface area contributed by atoms with Crippen molar-refractivity contribution in [2.24, 2.45) is 5.92 Å². The lowest BCUT2D eigenvalue weighted by atomic mass is 9.81. The largest absolute Gasteiger partial charge is 0.386 e. The molecule has 0 saturated heterocycles. The molecule has 0 aromatic carbocycles. The maximum Gasteiger partial charge on any atom is 0.101 e. The molecule has 2 N–H and O–H groups in total. The molecular formula is C13H21NOS. The van der Waals surface area contributed by atoms with E-state index in [0.717, 1.165) is 10.8 Å². The number of aliphatic hydroxyl groups excluding tert-OH is 1. The van der Waals surface area contributed by atoms with Crippen LogP contribution in [0, 0.1) is 5.92 Å². The molecule has 0 amide bonds. The van der Waals surface area contributed by atoms with Crippen LogP contribution >= 0.6 is 11.3 Å². The molecular weight excluding hydrogens is 218 g/mol. The Bertz CT molecular complexity index is 295. The third kappa shape index (κ3) is 3.30. The first kappa shape index (κ1) is 12.1. The minimum Gasteiger partial charge on any atom is -0.386 e. The molecule has 3 heteroatoms. The first-order valence-electron chi connectivity index (χ1n) is 6.20. The predicted molar refractivity (Wildman–Crippen MR) is 68.7 cm³/mol. The van der Waals surface area contributed by atoms with Gasteiger partial charge in [0.1, 0.15) is 6.10 Å². The Morgan fingerprint density at radius 2 is 2.38 bits per heavy atom. The molecule has 1 fully saturated rings. The van der Waals surface area contributed by atoms with Crippen LogP contribution in [0.25, 0.3) is 0 Å². The fourth-order valence-electron chi connectivity index (χ4n) is 2.21. The Morgan fingerprint density at radius 3 is 2.94 bits per heavy atom. The highest BCUT2D eigenvalue weighted by Gasteiger charge is 2.20. The van der Waals surface area contributed by atoms with E-state index in [1.807, 2.05) is 17.5 Å². The van der Waals surface area contributed by atoms with E-state index >= 15 is 0 Å². The third-order valence-corrected chi connectivity index (χ3v) is 4.42. The number of nitrogens with one attached hydrogen (secondary N) is 1. The molecule has 0 spiro atoms. The van der Waals surface area contributed by atoms with E-state index in [-0.39, 0.29) is 6.10 Å². The van der Waals surface area contributed by atoms with Gasteiger partial charge < -0.3 is 10.4 Å². The molecule has 1 aromatic rings. The zero-order valence-corrected chi connectivity index (χ0v) is 10.7. The first-order valence-corrected chi connectivity index (χ1v) is 7.08. The molecule has 0 aliphatic heterocycles. The highest BCUT2D eigenvalue weighted by Crippen LogP contribution is 2.30. The van der Waals surface area contributed by atoms with Crippen LogP contribution in [0.2, 0.25) is 0 Å². The van der Waals surface area contributed by atoms with Gasteiger partial charge in [0, 0.05) is 17.5 Å². The van der Waals surface area contributed by atoms with Gasteiger partial charge in [-0.2, -0.15) is 0 Å². The van der Waals surface area contributed by atoms with Gasteiger partial charge in [-0.1, -0.05) is 25.3 Å². The van der Waals surface area contributed by atoms with E-state index in [9.17, 15) is 5.11 Å². The molecule has 2 rings (SSSR count). The number of hydrogen-bond acceptors (Lipinski definition) is 3. The lowest BCUT2D eigenvalue weighted by molar-refractivity contribution is 0.168. The molecule has 1 heterocycles. The molecule has 1 aliphatic carbocycles. The second kappa shape index (κ2) is 5.80. The fraction of sp³-hybridized carbons (Fsp3) is 0.692. The van der Waals surface area contributed by atoms with Crippen molar-refractivity contribution in [2.45, 2.75) is 44.8 Å². The second-order valence-electron chi connectivity index (χ2n) is 4.87. The van der Waals surface area contributed by atoms with Gasteiger partial charge in [-0.05, 0) is 30.7 Å². The summed E-state index contributed by atoms with van der Waals surface area (Å²) in [6, 6.07) is 4.51. The highest BCUT2D eigenvalue weighted by atomic mass is 32.1. The zero-order chi connectivity index (χ0) is 11.4. The number of hydrogen-bond donors (Lipinski definition) is 2. The molecule has 0 bridgehead atoms. The van der Waals surface area contributed by atoms with Gasteiger partial charge in [-0.3, -0.25) is 0 Å². The minimum atomic E-state index is -0.344. The second-order valence-corrected chi connectivity index (χ2v) is 5.85. The first-order chi connectivity index (χ1) is 7.75. The Kier molecular flexibility index (Phi) is 4.38. The Hall–Kier alpha value is -0.380. The summed E-state index contributed by atoms with van der Waals surface area (Å²) in [6.45, 7) is 2.90. The number of rotatable bonds is 6. The van der Waals surface area contributed by atoms with E-state index in [0.29, 0.717) is 12.6 Å². The summed E-state index contributed by atoms with van der Waals surface area (Å²) in [6.07, 6.45) is 5.13. The Morgan fingerprint density at radius 1 is 1.56 bits per heavy atom. The van der Waals surface area contributed by atoms with Crippen LogP contribution in [0.15, 0.2) is 17.5 Å². The molecule has 1 aliphatic rings. The molecule has 2 atom stereocenters. The van der Waals surface area contributed by atoms with Crippen LogP contribution < -0.4 is 5.32 Å². The van der Waals surface area contributed by atoms with Crippen LogP contribution in [0.5, 0.6) is 0 Å². The molecule has 2 nitrogen and oxygen atoms in total. The highest BCUT2D eigenvalue weighted by molar-refractivity contribution is 7.10. The van der Waals surface area contributed by atoms with Crippen molar-refractivity contribution in [2.75, 3.05) is 6.54 Å². The lowest BCUT2D eigenvalue weighted by Crippen LogP contribution is -2.33. The number of thiophene rings is 1. The van der Waals surface area contributed by atoms with Crippen molar-refractivity contribution in [3.8, 4) is 0 Å². The molecule has 0 radical (unpaired) electrons. The van der Waals surface area contributed by atoms with Crippen molar-refractivity contribution in [3.05, 3.63) is 22.4 Å². The predicted octanol–water partition coefficient (Wildman–Crippen LogP) is 2.95. The summed E-state index contributed by atoms with van der Waals surface area (Å²) in [4.78, 5) is 1.06. The summed E-state index contributed by atoms with van der Waals surface area (Å²) in [5.74, 6) is 0.932. The van der Waals surface area contributed by atoms with Crippen LogP contribution in [-0.2, 0) is 0 Å². The van der Waals surface area contributed by atoms with Crippen LogP contribution in [-0.4, -0.2) is 17.7 Å². The van der Waals surface area contributed by atoms with E-state index in [4.69, 9.17) is 0 Å². The molecule has 1 saturated carbocycles. The van der Waals surface area contributed by atoms with E-state index in [1.165, 1.54) is 25.7 Å². The van der Waals surface area contributed by atoms with Gasteiger partial charge in [0.15, 0.2) is 0 Å². The summed E-state index contributed by atoms with van der Waals surface area (Å²) >= 11 is 1.62. The molecule has 2 unspecified atom stereocenters. The summed E-state index contributed by atoms with van der Waals surface area (Å²) in [7, 11) is 0. The van der Waals surface area contributed by atoms with Crippen LogP contribution in [0.3, 0.4) is 0 Å². The van der Waals surface area contributed by atoms with E-state index in [2.05, 4.69) is 12.2 Å². The SMILES string of the molecule is CC(CC1CCC1)NCC(O)c1cccs1. The maximum atomic E-state index is 9.91. The van der Waals surface area contributed by atoms with Gasteiger partial charge in [0.25, 0.3) is 0 Å². The monoisotopic (exact) mass is 239 g/mol. The quantitative estimate of drug-likeness (QED) is 0.800. The average molecular weight is 239 g/mol. The molecule has 1 aromatic heterocycles. The summed E-state index contributed by atoms with van der Waals surface area (Å²) in [5, 5.41) is 15.3. The van der Waals surface area contributed by atoms with E-state index < -0.39 is 0 Å². The van der Waals surface area contributed by atoms with E-state index in [1.54, 1.807) is 11.3 Å². The average Bonchev–Trinajstić information content (AvgIpc) is 2.73. The van der Waals surface area contributed by atoms with Crippen molar-refractivity contribution < 1.29 is 5.11 Å². The Balaban J connectivity index is 1.66. The van der Waals surface area contributed by atoms with Crippen LogP contribution in [0.4, 0.5) is 0 Å². The minimum absolute atomic E-state index is 0.344. The van der Waals surface area contributed by atoms with Gasteiger partial charge in [0.05, 0.1) is 0 Å². The molecule has 90 valence electrons.